The zero-order valence-electron chi connectivity index (χ0n) is 17.8. The van der Waals surface area contributed by atoms with Gasteiger partial charge in [-0.3, -0.25) is 9.79 Å². The van der Waals surface area contributed by atoms with E-state index in [1.807, 2.05) is 32.6 Å². The molecule has 0 aromatic carbocycles. The maximum atomic E-state index is 12.4. The highest BCUT2D eigenvalue weighted by Crippen LogP contribution is 2.14. The number of rotatable bonds is 8. The Morgan fingerprint density at radius 2 is 1.79 bits per heavy atom. The van der Waals surface area contributed by atoms with Gasteiger partial charge in [-0.2, -0.15) is 4.31 Å². The summed E-state index contributed by atoms with van der Waals surface area (Å²) >= 11 is 0. The molecule has 9 nitrogen and oxygen atoms in total. The van der Waals surface area contributed by atoms with Crippen LogP contribution in [0.1, 0.15) is 27.7 Å². The van der Waals surface area contributed by atoms with Crippen LogP contribution in [0.4, 0.5) is 0 Å². The molecule has 1 rings (SSSR count). The summed E-state index contributed by atoms with van der Waals surface area (Å²) in [7, 11) is -0.0186. The third kappa shape index (κ3) is 8.37. The molecule has 0 bridgehead atoms. The minimum atomic E-state index is -3.32. The highest BCUT2D eigenvalue weighted by Gasteiger charge is 2.30. The van der Waals surface area contributed by atoms with E-state index in [1.54, 1.807) is 14.1 Å². The number of nitrogens with one attached hydrogen (secondary N) is 2. The summed E-state index contributed by atoms with van der Waals surface area (Å²) in [5, 5.41) is 5.88. The van der Waals surface area contributed by atoms with Gasteiger partial charge in [-0.1, -0.05) is 0 Å². The molecule has 0 unspecified atom stereocenters. The quantitative estimate of drug-likeness (QED) is 0.265. The SMILES string of the molecule is CN=C(NCC(C)(C)C(=O)NC)N1CCN(S(=O)(=O)CCOC(C)C)CC1.I. The lowest BCUT2D eigenvalue weighted by Gasteiger charge is -2.36. The van der Waals surface area contributed by atoms with Crippen LogP contribution < -0.4 is 10.6 Å². The predicted octanol–water partition coefficient (Wildman–Crippen LogP) is 0.324. The lowest BCUT2D eigenvalue weighted by molar-refractivity contribution is -0.128. The van der Waals surface area contributed by atoms with Crippen molar-refractivity contribution in [3.63, 3.8) is 0 Å². The van der Waals surface area contributed by atoms with Gasteiger partial charge in [0.2, 0.25) is 15.9 Å². The molecule has 1 saturated heterocycles. The van der Waals surface area contributed by atoms with Crippen molar-refractivity contribution in [1.29, 1.82) is 0 Å². The second-order valence-electron chi connectivity index (χ2n) is 7.49. The zero-order valence-corrected chi connectivity index (χ0v) is 21.0. The summed E-state index contributed by atoms with van der Waals surface area (Å²) in [5.41, 5.74) is -0.577. The number of carbonyl (C=O) groups excluding carboxylic acids is 1. The third-order valence-electron chi connectivity index (χ3n) is 4.47. The number of halogens is 1. The number of carbonyl (C=O) groups is 1. The smallest absolute Gasteiger partial charge is 0.227 e. The van der Waals surface area contributed by atoms with Gasteiger partial charge in [0.1, 0.15) is 0 Å². The summed E-state index contributed by atoms with van der Waals surface area (Å²) in [4.78, 5) is 18.2. The van der Waals surface area contributed by atoms with Crippen molar-refractivity contribution < 1.29 is 17.9 Å². The average molecular weight is 533 g/mol. The molecule has 0 aliphatic carbocycles. The first-order valence-corrected chi connectivity index (χ1v) is 10.9. The Hall–Kier alpha value is -0.660. The van der Waals surface area contributed by atoms with Crippen molar-refractivity contribution >= 4 is 45.9 Å². The lowest BCUT2D eigenvalue weighted by atomic mass is 9.92. The molecule has 2 N–H and O–H groups in total. The Morgan fingerprint density at radius 3 is 2.25 bits per heavy atom. The van der Waals surface area contributed by atoms with Crippen LogP contribution in [0, 0.1) is 5.41 Å². The van der Waals surface area contributed by atoms with Gasteiger partial charge < -0.3 is 20.3 Å². The fourth-order valence-corrected chi connectivity index (χ4v) is 4.03. The van der Waals surface area contributed by atoms with E-state index >= 15 is 0 Å². The van der Waals surface area contributed by atoms with Crippen molar-refractivity contribution in [2.75, 3.05) is 59.2 Å². The number of sulfonamides is 1. The minimum absolute atomic E-state index is 0. The van der Waals surface area contributed by atoms with Crippen LogP contribution in [0.3, 0.4) is 0 Å². The van der Waals surface area contributed by atoms with Crippen molar-refractivity contribution in [3.8, 4) is 0 Å². The van der Waals surface area contributed by atoms with Gasteiger partial charge in [0.05, 0.1) is 23.9 Å². The predicted molar refractivity (Wildman–Crippen MR) is 123 cm³/mol. The summed E-state index contributed by atoms with van der Waals surface area (Å²) in [6.45, 7) is 10.0. The van der Waals surface area contributed by atoms with Crippen LogP contribution in [0.2, 0.25) is 0 Å². The van der Waals surface area contributed by atoms with E-state index in [-0.39, 0.29) is 48.3 Å². The normalized spacial score (nSPS) is 16.7. The molecule has 0 saturated carbocycles. The first-order valence-electron chi connectivity index (χ1n) is 9.30. The van der Waals surface area contributed by atoms with Gasteiger partial charge in [-0.25, -0.2) is 8.42 Å². The van der Waals surface area contributed by atoms with Crippen molar-refractivity contribution in [1.82, 2.24) is 19.8 Å². The average Bonchev–Trinajstić information content (AvgIpc) is 2.61. The topological polar surface area (TPSA) is 103 Å². The molecular weight excluding hydrogens is 497 g/mol. The molecule has 0 radical (unpaired) electrons. The van der Waals surface area contributed by atoms with Gasteiger partial charge in [-0.05, 0) is 27.7 Å². The Balaban J connectivity index is 0.00000729. The van der Waals surface area contributed by atoms with E-state index in [4.69, 9.17) is 4.74 Å². The fraction of sp³-hybridized carbons (Fsp3) is 0.882. The van der Waals surface area contributed by atoms with Crippen LogP contribution in [-0.2, 0) is 19.6 Å². The molecule has 1 heterocycles. The molecule has 1 amide bonds. The number of nitrogens with zero attached hydrogens (tertiary/aromatic N) is 3. The molecule has 0 spiro atoms. The number of hydrogen-bond acceptors (Lipinski definition) is 5. The molecule has 0 aromatic rings. The highest BCUT2D eigenvalue weighted by atomic mass is 127. The van der Waals surface area contributed by atoms with Crippen molar-refractivity contribution in [2.45, 2.75) is 33.8 Å². The minimum Gasteiger partial charge on any atom is -0.378 e. The van der Waals surface area contributed by atoms with Gasteiger partial charge in [-0.15, -0.1) is 24.0 Å². The van der Waals surface area contributed by atoms with E-state index in [9.17, 15) is 13.2 Å². The van der Waals surface area contributed by atoms with Crippen molar-refractivity contribution in [2.24, 2.45) is 10.4 Å². The maximum Gasteiger partial charge on any atom is 0.227 e. The van der Waals surface area contributed by atoms with Crippen LogP contribution in [0.5, 0.6) is 0 Å². The highest BCUT2D eigenvalue weighted by molar-refractivity contribution is 14.0. The second-order valence-corrected chi connectivity index (χ2v) is 9.57. The molecule has 0 aromatic heterocycles. The Morgan fingerprint density at radius 1 is 1.21 bits per heavy atom. The number of guanidine groups is 1. The second kappa shape index (κ2) is 12.1. The molecule has 0 atom stereocenters. The summed E-state index contributed by atoms with van der Waals surface area (Å²) in [6.07, 6.45) is 0.0190. The third-order valence-corrected chi connectivity index (χ3v) is 6.30. The van der Waals surface area contributed by atoms with E-state index < -0.39 is 15.4 Å². The first kappa shape index (κ1) is 27.3. The van der Waals surface area contributed by atoms with Crippen LogP contribution in [0.15, 0.2) is 4.99 Å². The lowest BCUT2D eigenvalue weighted by Crippen LogP contribution is -2.55. The van der Waals surface area contributed by atoms with Gasteiger partial charge in [0.25, 0.3) is 0 Å². The van der Waals surface area contributed by atoms with Gasteiger partial charge in [0.15, 0.2) is 5.96 Å². The summed E-state index contributed by atoms with van der Waals surface area (Å²) in [6, 6.07) is 0. The van der Waals surface area contributed by atoms with E-state index in [0.717, 1.165) is 0 Å². The largest absolute Gasteiger partial charge is 0.378 e. The zero-order chi connectivity index (χ0) is 20.7. The molecule has 28 heavy (non-hydrogen) atoms. The Bertz CT molecular complexity index is 617. The Labute approximate surface area is 186 Å². The van der Waals surface area contributed by atoms with E-state index in [0.29, 0.717) is 38.7 Å². The van der Waals surface area contributed by atoms with E-state index in [2.05, 4.69) is 15.6 Å². The standard InChI is InChI=1S/C17H35N5O4S.HI/c1-14(2)26-11-12-27(24,25)22-9-7-21(8-10-22)16(19-6)20-13-17(3,4)15(23)18-5;/h14H,7-13H2,1-6H3,(H,18,23)(H,19,20);1H. The van der Waals surface area contributed by atoms with Crippen molar-refractivity contribution in [3.05, 3.63) is 0 Å². The molecule has 1 aliphatic rings. The van der Waals surface area contributed by atoms with Gasteiger partial charge >= 0.3 is 0 Å². The number of hydrogen-bond donors (Lipinski definition) is 2. The number of aliphatic imine (C=N–C) groups is 1. The van der Waals surface area contributed by atoms with Gasteiger partial charge in [0, 0.05) is 46.8 Å². The fourth-order valence-electron chi connectivity index (χ4n) is 2.75. The molecule has 166 valence electrons. The van der Waals surface area contributed by atoms with Crippen LogP contribution in [-0.4, -0.2) is 94.8 Å². The first-order chi connectivity index (χ1) is 12.5. The maximum absolute atomic E-state index is 12.4. The number of amides is 1. The summed E-state index contributed by atoms with van der Waals surface area (Å²) < 4.78 is 31.7. The molecule has 1 aliphatic heterocycles. The Kier molecular flexibility index (Phi) is 11.8. The van der Waals surface area contributed by atoms with E-state index in [1.165, 1.54) is 4.31 Å². The number of piperazine rings is 1. The monoisotopic (exact) mass is 533 g/mol. The van der Waals surface area contributed by atoms with Crippen LogP contribution >= 0.6 is 24.0 Å². The molecule has 11 heteroatoms. The number of ether oxygens (including phenoxy) is 1. The van der Waals surface area contributed by atoms with Crippen LogP contribution in [0.25, 0.3) is 0 Å². The molecular formula is C17H36IN5O4S. The molecule has 1 fully saturated rings. The summed E-state index contributed by atoms with van der Waals surface area (Å²) in [5.74, 6) is 0.621.